The first kappa shape index (κ1) is 59.8. The van der Waals surface area contributed by atoms with Gasteiger partial charge in [0.05, 0.1) is 0 Å². The molecule has 0 bridgehead atoms. The van der Waals surface area contributed by atoms with Crippen molar-refractivity contribution < 1.29 is 28.6 Å². The lowest BCUT2D eigenvalue weighted by atomic mass is 10.1. The van der Waals surface area contributed by atoms with Crippen LogP contribution in [0.1, 0.15) is 207 Å². The molecule has 0 aromatic heterocycles. The first-order valence-electron chi connectivity index (χ1n) is 25.6. The van der Waals surface area contributed by atoms with Crippen LogP contribution < -0.4 is 0 Å². The molecule has 0 aliphatic rings. The molecule has 0 aromatic carbocycles. The fourth-order valence-corrected chi connectivity index (χ4v) is 6.52. The fraction of sp³-hybridized carbons (Fsp3) is 0.603. The average Bonchev–Trinajstić information content (AvgIpc) is 3.29. The Hall–Kier alpha value is -4.19. The van der Waals surface area contributed by atoms with Crippen LogP contribution in [0.25, 0.3) is 0 Å². The Morgan fingerprint density at radius 1 is 0.344 bits per heavy atom. The van der Waals surface area contributed by atoms with Gasteiger partial charge in [-0.1, -0.05) is 213 Å². The van der Waals surface area contributed by atoms with E-state index in [0.29, 0.717) is 12.8 Å². The number of unbranched alkanes of at least 4 members (excludes halogenated alkanes) is 17. The molecular formula is C58H92O6. The van der Waals surface area contributed by atoms with Crippen molar-refractivity contribution in [3.05, 3.63) is 122 Å². The summed E-state index contributed by atoms with van der Waals surface area (Å²) in [5, 5.41) is 0. The number of ether oxygens (including phenoxy) is 3. The summed E-state index contributed by atoms with van der Waals surface area (Å²) >= 11 is 0. The molecule has 0 rings (SSSR count). The van der Waals surface area contributed by atoms with E-state index in [4.69, 9.17) is 14.2 Å². The zero-order valence-electron chi connectivity index (χ0n) is 41.0. The summed E-state index contributed by atoms with van der Waals surface area (Å²) < 4.78 is 16.7. The number of carbonyl (C=O) groups is 3. The molecule has 64 heavy (non-hydrogen) atoms. The molecule has 0 aliphatic heterocycles. The minimum Gasteiger partial charge on any atom is -0.462 e. The Bertz CT molecular complexity index is 1390. The van der Waals surface area contributed by atoms with E-state index in [1.807, 2.05) is 36.5 Å². The van der Waals surface area contributed by atoms with Crippen molar-refractivity contribution in [3.8, 4) is 0 Å². The normalized spacial score (nSPS) is 13.1. The van der Waals surface area contributed by atoms with Crippen LogP contribution in [-0.2, 0) is 28.6 Å². The largest absolute Gasteiger partial charge is 0.462 e. The highest BCUT2D eigenvalue weighted by molar-refractivity contribution is 5.71. The molecule has 360 valence electrons. The van der Waals surface area contributed by atoms with Crippen LogP contribution in [0.15, 0.2) is 122 Å². The lowest BCUT2D eigenvalue weighted by molar-refractivity contribution is -0.167. The maximum atomic E-state index is 12.8. The molecule has 0 saturated carbocycles. The smallest absolute Gasteiger partial charge is 0.306 e. The van der Waals surface area contributed by atoms with Crippen LogP contribution in [0.4, 0.5) is 0 Å². The van der Waals surface area contributed by atoms with Crippen LogP contribution in [0, 0.1) is 0 Å². The second-order valence-electron chi connectivity index (χ2n) is 16.4. The van der Waals surface area contributed by atoms with E-state index in [0.717, 1.165) is 122 Å². The van der Waals surface area contributed by atoms with Crippen LogP contribution in [0.5, 0.6) is 0 Å². The van der Waals surface area contributed by atoms with E-state index in [-0.39, 0.29) is 37.5 Å². The molecule has 6 heteroatoms. The van der Waals surface area contributed by atoms with E-state index in [2.05, 4.69) is 106 Å². The maximum Gasteiger partial charge on any atom is 0.306 e. The standard InChI is InChI=1S/C58H92O6/c1-4-7-10-13-16-19-21-23-25-27-29-31-32-34-36-39-42-45-48-51-57(60)63-54-55(53-62-56(59)50-47-44-41-38-18-15-12-9-6-3)64-58(61)52-49-46-43-40-37-35-33-30-28-26-24-22-20-17-14-11-8-5-2/h7,9-12,14,16-20,22-26,28,30,33,38,55H,4-6,8,13,15,21,27,29,31-32,34-37,39-54H2,1-3H3/b10-7-,12-9-,14-11-,19-16-,20-17-,24-22-,25-23-,28-26-,33-30-,38-18-. The molecule has 0 radical (unpaired) electrons. The molecule has 0 N–H and O–H groups in total. The number of esters is 3. The monoisotopic (exact) mass is 885 g/mol. The Labute approximate surface area is 392 Å². The number of allylic oxidation sites excluding steroid dienone is 20. The summed E-state index contributed by atoms with van der Waals surface area (Å²) in [4.78, 5) is 37.9. The molecular weight excluding hydrogens is 793 g/mol. The molecule has 6 nitrogen and oxygen atoms in total. The number of rotatable bonds is 44. The van der Waals surface area contributed by atoms with Crippen LogP contribution >= 0.6 is 0 Å². The van der Waals surface area contributed by atoms with Gasteiger partial charge in [0.1, 0.15) is 13.2 Å². The van der Waals surface area contributed by atoms with Gasteiger partial charge in [0.2, 0.25) is 0 Å². The zero-order valence-corrected chi connectivity index (χ0v) is 41.0. The number of hydrogen-bond donors (Lipinski definition) is 0. The fourth-order valence-electron chi connectivity index (χ4n) is 6.52. The van der Waals surface area contributed by atoms with Gasteiger partial charge in [-0.2, -0.15) is 0 Å². The van der Waals surface area contributed by atoms with Gasteiger partial charge >= 0.3 is 17.9 Å². The number of hydrogen-bond acceptors (Lipinski definition) is 6. The minimum absolute atomic E-state index is 0.105. The maximum absolute atomic E-state index is 12.8. The molecule has 0 aliphatic carbocycles. The molecule has 1 unspecified atom stereocenters. The summed E-state index contributed by atoms with van der Waals surface area (Å²) in [6, 6.07) is 0. The number of carbonyl (C=O) groups excluding carboxylic acids is 3. The first-order chi connectivity index (χ1) is 31.5. The van der Waals surface area contributed by atoms with Gasteiger partial charge in [-0.05, 0) is 96.3 Å². The SMILES string of the molecule is CC/C=C\C/C=C\C/C=C\CCCCCCCCCCCC(=O)OCC(COC(=O)CCCC/C=C\C/C=C\CC)OC(=O)CCCCCCC\C=C/C=C\C=C/C=C\C=C/CCC. The van der Waals surface area contributed by atoms with E-state index >= 15 is 0 Å². The predicted octanol–water partition coefficient (Wildman–Crippen LogP) is 16.9. The van der Waals surface area contributed by atoms with Gasteiger partial charge in [0.15, 0.2) is 6.10 Å². The minimum atomic E-state index is -0.809. The van der Waals surface area contributed by atoms with Gasteiger partial charge < -0.3 is 14.2 Å². The van der Waals surface area contributed by atoms with Gasteiger partial charge in [-0.25, -0.2) is 0 Å². The van der Waals surface area contributed by atoms with E-state index in [9.17, 15) is 14.4 Å². The summed E-state index contributed by atoms with van der Waals surface area (Å²) in [6.07, 6.45) is 70.5. The van der Waals surface area contributed by atoms with Crippen molar-refractivity contribution in [2.75, 3.05) is 13.2 Å². The Kier molecular flexibility index (Phi) is 48.1. The van der Waals surface area contributed by atoms with Crippen molar-refractivity contribution in [1.29, 1.82) is 0 Å². The third-order valence-corrected chi connectivity index (χ3v) is 10.3. The summed E-state index contributed by atoms with van der Waals surface area (Å²) in [5.74, 6) is -0.983. The zero-order chi connectivity index (χ0) is 46.5. The second kappa shape index (κ2) is 51.4. The second-order valence-corrected chi connectivity index (χ2v) is 16.4. The molecule has 1 atom stereocenters. The van der Waals surface area contributed by atoms with Gasteiger partial charge in [-0.15, -0.1) is 0 Å². The molecule has 0 fully saturated rings. The molecule has 0 aromatic rings. The molecule has 0 heterocycles. The topological polar surface area (TPSA) is 78.9 Å². The Morgan fingerprint density at radius 2 is 0.672 bits per heavy atom. The highest BCUT2D eigenvalue weighted by atomic mass is 16.6. The average molecular weight is 885 g/mol. The van der Waals surface area contributed by atoms with Crippen molar-refractivity contribution in [3.63, 3.8) is 0 Å². The summed E-state index contributed by atoms with van der Waals surface area (Å²) in [6.45, 7) is 6.24. The van der Waals surface area contributed by atoms with E-state index < -0.39 is 6.10 Å². The molecule has 0 spiro atoms. The molecule has 0 saturated heterocycles. The van der Waals surface area contributed by atoms with Crippen molar-refractivity contribution in [1.82, 2.24) is 0 Å². The van der Waals surface area contributed by atoms with Crippen molar-refractivity contribution in [2.24, 2.45) is 0 Å². The van der Waals surface area contributed by atoms with E-state index in [1.165, 1.54) is 44.9 Å². The van der Waals surface area contributed by atoms with Gasteiger partial charge in [-0.3, -0.25) is 14.4 Å². The van der Waals surface area contributed by atoms with Crippen molar-refractivity contribution >= 4 is 17.9 Å². The van der Waals surface area contributed by atoms with Gasteiger partial charge in [0.25, 0.3) is 0 Å². The van der Waals surface area contributed by atoms with Crippen molar-refractivity contribution in [2.45, 2.75) is 213 Å². The third kappa shape index (κ3) is 48.8. The van der Waals surface area contributed by atoms with E-state index in [1.54, 1.807) is 0 Å². The van der Waals surface area contributed by atoms with Gasteiger partial charge in [0, 0.05) is 19.3 Å². The quantitative estimate of drug-likeness (QED) is 0.0199. The highest BCUT2D eigenvalue weighted by Gasteiger charge is 2.19. The Balaban J connectivity index is 4.42. The lowest BCUT2D eigenvalue weighted by Gasteiger charge is -2.18. The predicted molar refractivity (Wildman–Crippen MR) is 274 cm³/mol. The Morgan fingerprint density at radius 3 is 1.12 bits per heavy atom. The van der Waals surface area contributed by atoms with Crippen LogP contribution in [0.3, 0.4) is 0 Å². The summed E-state index contributed by atoms with van der Waals surface area (Å²) in [5.41, 5.74) is 0. The lowest BCUT2D eigenvalue weighted by Crippen LogP contribution is -2.30. The first-order valence-corrected chi connectivity index (χ1v) is 25.6. The summed E-state index contributed by atoms with van der Waals surface area (Å²) in [7, 11) is 0. The van der Waals surface area contributed by atoms with Crippen LogP contribution in [-0.4, -0.2) is 37.2 Å². The van der Waals surface area contributed by atoms with Crippen LogP contribution in [0.2, 0.25) is 0 Å². The molecule has 0 amide bonds. The highest BCUT2D eigenvalue weighted by Crippen LogP contribution is 2.14. The third-order valence-electron chi connectivity index (χ3n) is 10.3.